The van der Waals surface area contributed by atoms with Crippen LogP contribution in [0.5, 0.6) is 23.0 Å². The Hall–Kier alpha value is -3.97. The maximum atomic E-state index is 5.71. The fraction of sp³-hybridized carbons (Fsp3) is 0.344. The molecule has 5 rings (SSSR count). The van der Waals surface area contributed by atoms with E-state index in [-0.39, 0.29) is 6.79 Å². The maximum Gasteiger partial charge on any atom is 0.231 e. The Kier molecular flexibility index (Phi) is 8.68. The van der Waals surface area contributed by atoms with Gasteiger partial charge in [-0.1, -0.05) is 61.9 Å². The third kappa shape index (κ3) is 6.20. The molecule has 0 fully saturated rings. The molecular formula is C32H37N3O4. The zero-order valence-corrected chi connectivity index (χ0v) is 23.1. The second kappa shape index (κ2) is 12.7. The van der Waals surface area contributed by atoms with Crippen LogP contribution in [0.4, 0.5) is 0 Å². The number of aromatic nitrogens is 2. The summed E-state index contributed by atoms with van der Waals surface area (Å²) in [5.74, 6) is 4.18. The summed E-state index contributed by atoms with van der Waals surface area (Å²) in [6.45, 7) is 5.81. The summed E-state index contributed by atoms with van der Waals surface area (Å²) in [4.78, 5) is 7.34. The molecule has 0 unspecified atom stereocenters. The van der Waals surface area contributed by atoms with Crippen LogP contribution in [-0.2, 0) is 26.1 Å². The van der Waals surface area contributed by atoms with Crippen LogP contribution < -0.4 is 18.9 Å². The number of benzene rings is 3. The van der Waals surface area contributed by atoms with Gasteiger partial charge in [0.2, 0.25) is 6.79 Å². The van der Waals surface area contributed by atoms with Gasteiger partial charge >= 0.3 is 0 Å². The van der Waals surface area contributed by atoms with Crippen LogP contribution in [0.15, 0.2) is 72.9 Å². The smallest absolute Gasteiger partial charge is 0.231 e. The topological polar surface area (TPSA) is 58.0 Å². The molecule has 39 heavy (non-hydrogen) atoms. The average molecular weight is 528 g/mol. The van der Waals surface area contributed by atoms with Gasteiger partial charge in [-0.15, -0.1) is 0 Å². The third-order valence-electron chi connectivity index (χ3n) is 7.12. The lowest BCUT2D eigenvalue weighted by molar-refractivity contribution is 0.174. The number of imidazole rings is 1. The lowest BCUT2D eigenvalue weighted by atomic mass is 10.1. The lowest BCUT2D eigenvalue weighted by Crippen LogP contribution is -2.27. The van der Waals surface area contributed by atoms with Crippen molar-refractivity contribution in [2.45, 2.75) is 45.8 Å². The van der Waals surface area contributed by atoms with Crippen molar-refractivity contribution in [3.63, 3.8) is 0 Å². The minimum atomic E-state index is 0.275. The predicted octanol–water partition coefficient (Wildman–Crippen LogP) is 6.34. The van der Waals surface area contributed by atoms with Crippen molar-refractivity contribution >= 4 is 0 Å². The van der Waals surface area contributed by atoms with E-state index in [1.807, 2.05) is 30.5 Å². The molecule has 0 radical (unpaired) electrons. The van der Waals surface area contributed by atoms with Crippen molar-refractivity contribution in [3.8, 4) is 34.4 Å². The molecule has 2 heterocycles. The molecule has 1 aliphatic heterocycles. The number of methoxy groups -OCH3 is 2. The molecule has 0 saturated heterocycles. The SMILES string of the molecule is CCCCn1c(CN(CCc2cccc(OC)c2OC)Cc2ccc3c(c2)OCO3)cnc1-c1ccccc1. The van der Waals surface area contributed by atoms with Crippen LogP contribution in [0.2, 0.25) is 0 Å². The number of hydrogen-bond donors (Lipinski definition) is 0. The molecule has 0 N–H and O–H groups in total. The van der Waals surface area contributed by atoms with Crippen molar-refractivity contribution in [2.75, 3.05) is 27.6 Å². The molecule has 0 amide bonds. The highest BCUT2D eigenvalue weighted by Gasteiger charge is 2.19. The Morgan fingerprint density at radius 3 is 2.56 bits per heavy atom. The van der Waals surface area contributed by atoms with Crippen molar-refractivity contribution < 1.29 is 18.9 Å². The van der Waals surface area contributed by atoms with E-state index in [0.29, 0.717) is 0 Å². The molecule has 204 valence electrons. The van der Waals surface area contributed by atoms with Crippen LogP contribution in [-0.4, -0.2) is 42.0 Å². The normalized spacial score (nSPS) is 12.2. The molecule has 4 aromatic rings. The van der Waals surface area contributed by atoms with Crippen molar-refractivity contribution in [1.29, 1.82) is 0 Å². The number of para-hydroxylation sites is 1. The van der Waals surface area contributed by atoms with Gasteiger partial charge in [-0.2, -0.15) is 0 Å². The molecule has 1 aliphatic rings. The lowest BCUT2D eigenvalue weighted by Gasteiger charge is -2.24. The van der Waals surface area contributed by atoms with Gasteiger partial charge in [0.1, 0.15) is 5.82 Å². The number of rotatable bonds is 13. The van der Waals surface area contributed by atoms with E-state index in [1.54, 1.807) is 14.2 Å². The first kappa shape index (κ1) is 26.6. The fourth-order valence-electron chi connectivity index (χ4n) is 5.09. The van der Waals surface area contributed by atoms with E-state index >= 15 is 0 Å². The Morgan fingerprint density at radius 1 is 0.923 bits per heavy atom. The molecule has 0 spiro atoms. The van der Waals surface area contributed by atoms with Gasteiger partial charge < -0.3 is 23.5 Å². The highest BCUT2D eigenvalue weighted by atomic mass is 16.7. The minimum Gasteiger partial charge on any atom is -0.493 e. The van der Waals surface area contributed by atoms with Crippen molar-refractivity contribution in [3.05, 3.63) is 89.7 Å². The molecular weight excluding hydrogens is 490 g/mol. The highest BCUT2D eigenvalue weighted by Crippen LogP contribution is 2.34. The number of ether oxygens (including phenoxy) is 4. The van der Waals surface area contributed by atoms with Crippen LogP contribution in [0.1, 0.15) is 36.6 Å². The molecule has 0 aliphatic carbocycles. The molecule has 0 atom stereocenters. The van der Waals surface area contributed by atoms with E-state index in [1.165, 1.54) is 11.3 Å². The summed E-state index contributed by atoms with van der Waals surface area (Å²) in [7, 11) is 3.37. The van der Waals surface area contributed by atoms with Gasteiger partial charge in [0.25, 0.3) is 0 Å². The monoisotopic (exact) mass is 527 g/mol. The van der Waals surface area contributed by atoms with Crippen LogP contribution in [0, 0.1) is 0 Å². The van der Waals surface area contributed by atoms with Crippen molar-refractivity contribution in [1.82, 2.24) is 14.5 Å². The van der Waals surface area contributed by atoms with Gasteiger partial charge in [0, 0.05) is 31.7 Å². The third-order valence-corrected chi connectivity index (χ3v) is 7.12. The summed E-state index contributed by atoms with van der Waals surface area (Å²) < 4.78 is 24.8. The summed E-state index contributed by atoms with van der Waals surface area (Å²) in [6.07, 6.45) is 5.09. The Bertz CT molecular complexity index is 1370. The molecule has 7 nitrogen and oxygen atoms in total. The first-order valence-corrected chi connectivity index (χ1v) is 13.6. The minimum absolute atomic E-state index is 0.275. The van der Waals surface area contributed by atoms with E-state index in [0.717, 1.165) is 85.4 Å². The average Bonchev–Trinajstić information content (AvgIpc) is 3.61. The molecule has 1 aromatic heterocycles. The summed E-state index contributed by atoms with van der Waals surface area (Å²) in [6, 6.07) is 22.7. The summed E-state index contributed by atoms with van der Waals surface area (Å²) in [5, 5.41) is 0. The van der Waals surface area contributed by atoms with Gasteiger partial charge in [0.15, 0.2) is 23.0 Å². The number of unbranched alkanes of at least 4 members (excludes halogenated alkanes) is 1. The standard InChI is InChI=1S/C32H37N3O4/c1-4-5-17-35-27(20-33-32(35)26-10-7-6-8-11-26)22-34(21-24-14-15-28-30(19-24)39-23-38-28)18-16-25-12-9-13-29(36-2)31(25)37-3/h6-15,19-20H,4-5,16-18,21-23H2,1-3H3. The molecule has 0 saturated carbocycles. The zero-order valence-electron chi connectivity index (χ0n) is 23.1. The van der Waals surface area contributed by atoms with Crippen LogP contribution in [0.3, 0.4) is 0 Å². The van der Waals surface area contributed by atoms with E-state index in [4.69, 9.17) is 23.9 Å². The van der Waals surface area contributed by atoms with Crippen molar-refractivity contribution in [2.24, 2.45) is 0 Å². The molecule has 7 heteroatoms. The predicted molar refractivity (Wildman–Crippen MR) is 152 cm³/mol. The second-order valence-electron chi connectivity index (χ2n) is 9.75. The van der Waals surface area contributed by atoms with Gasteiger partial charge in [-0.05, 0) is 42.2 Å². The number of nitrogens with zero attached hydrogens (tertiary/aromatic N) is 3. The second-order valence-corrected chi connectivity index (χ2v) is 9.75. The Labute approximate surface area is 230 Å². The number of hydrogen-bond acceptors (Lipinski definition) is 6. The van der Waals surface area contributed by atoms with Gasteiger partial charge in [-0.3, -0.25) is 4.90 Å². The van der Waals surface area contributed by atoms with Crippen LogP contribution >= 0.6 is 0 Å². The largest absolute Gasteiger partial charge is 0.493 e. The summed E-state index contributed by atoms with van der Waals surface area (Å²) >= 11 is 0. The Balaban J connectivity index is 1.43. The van der Waals surface area contributed by atoms with Crippen LogP contribution in [0.25, 0.3) is 11.4 Å². The zero-order chi connectivity index (χ0) is 27.0. The van der Waals surface area contributed by atoms with Gasteiger partial charge in [-0.25, -0.2) is 4.98 Å². The van der Waals surface area contributed by atoms with E-state index in [2.05, 4.69) is 58.9 Å². The quantitative estimate of drug-likeness (QED) is 0.202. The first-order chi connectivity index (χ1) is 19.2. The molecule has 0 bridgehead atoms. The Morgan fingerprint density at radius 2 is 1.77 bits per heavy atom. The summed E-state index contributed by atoms with van der Waals surface area (Å²) in [5.41, 5.74) is 4.65. The first-order valence-electron chi connectivity index (χ1n) is 13.6. The fourth-order valence-corrected chi connectivity index (χ4v) is 5.09. The maximum absolute atomic E-state index is 5.71. The van der Waals surface area contributed by atoms with E-state index < -0.39 is 0 Å². The number of fused-ring (bicyclic) bond motifs is 1. The highest BCUT2D eigenvalue weighted by molar-refractivity contribution is 5.56. The van der Waals surface area contributed by atoms with E-state index in [9.17, 15) is 0 Å². The molecule has 3 aromatic carbocycles. The van der Waals surface area contributed by atoms with Gasteiger partial charge in [0.05, 0.1) is 26.1 Å².